The van der Waals surface area contributed by atoms with Gasteiger partial charge < -0.3 is 9.88 Å². The standard InChI is InChI=1S/C23H25N3OS/c27-23(17-28-21-10-9-19-7-4-8-20(19)15-21)25-12-11-22-24-13-14-26(22)16-18-5-2-1-3-6-18/h1-3,5-6,9-10,13-15H,4,7-8,11-12,16-17H2,(H,25,27). The smallest absolute Gasteiger partial charge is 0.230 e. The number of carbonyl (C=O) groups is 1. The maximum atomic E-state index is 12.2. The summed E-state index contributed by atoms with van der Waals surface area (Å²) < 4.78 is 2.14. The Hall–Kier alpha value is -2.53. The van der Waals surface area contributed by atoms with Gasteiger partial charge in [0, 0.05) is 36.8 Å². The van der Waals surface area contributed by atoms with Gasteiger partial charge in [-0.2, -0.15) is 0 Å². The van der Waals surface area contributed by atoms with Crippen LogP contribution in [-0.4, -0.2) is 27.8 Å². The monoisotopic (exact) mass is 391 g/mol. The van der Waals surface area contributed by atoms with E-state index < -0.39 is 0 Å². The summed E-state index contributed by atoms with van der Waals surface area (Å²) in [5.41, 5.74) is 4.17. The number of nitrogens with zero attached hydrogens (tertiary/aromatic N) is 2. The fraction of sp³-hybridized carbons (Fsp3) is 0.304. The molecular formula is C23H25N3OS. The summed E-state index contributed by atoms with van der Waals surface area (Å²) in [5.74, 6) is 1.53. The summed E-state index contributed by atoms with van der Waals surface area (Å²) >= 11 is 1.61. The van der Waals surface area contributed by atoms with Crippen LogP contribution in [0.15, 0.2) is 65.8 Å². The predicted octanol–water partition coefficient (Wildman–Crippen LogP) is 3.87. The Morgan fingerprint density at radius 1 is 1.11 bits per heavy atom. The molecular weight excluding hydrogens is 366 g/mol. The number of fused-ring (bicyclic) bond motifs is 1. The van der Waals surface area contributed by atoms with E-state index in [2.05, 4.69) is 45.2 Å². The summed E-state index contributed by atoms with van der Waals surface area (Å²) in [7, 11) is 0. The average Bonchev–Trinajstić information content (AvgIpc) is 3.36. The molecule has 4 rings (SSSR count). The molecule has 1 aromatic heterocycles. The third-order valence-corrected chi connectivity index (χ3v) is 6.10. The first-order chi connectivity index (χ1) is 13.8. The molecule has 28 heavy (non-hydrogen) atoms. The molecule has 144 valence electrons. The van der Waals surface area contributed by atoms with Crippen LogP contribution in [0.5, 0.6) is 0 Å². The number of hydrogen-bond donors (Lipinski definition) is 1. The molecule has 2 aromatic carbocycles. The highest BCUT2D eigenvalue weighted by Gasteiger charge is 2.12. The van der Waals surface area contributed by atoms with E-state index in [1.54, 1.807) is 11.8 Å². The van der Waals surface area contributed by atoms with Crippen LogP contribution in [0.25, 0.3) is 0 Å². The number of aromatic nitrogens is 2. The first kappa shape index (κ1) is 18.8. The Balaban J connectivity index is 1.22. The van der Waals surface area contributed by atoms with Gasteiger partial charge in [0.25, 0.3) is 0 Å². The number of aryl methyl sites for hydroxylation is 2. The molecule has 1 amide bonds. The molecule has 0 radical (unpaired) electrons. The van der Waals surface area contributed by atoms with Gasteiger partial charge >= 0.3 is 0 Å². The van der Waals surface area contributed by atoms with Crippen molar-refractivity contribution in [3.8, 4) is 0 Å². The number of hydrogen-bond acceptors (Lipinski definition) is 3. The van der Waals surface area contributed by atoms with E-state index in [0.29, 0.717) is 12.3 Å². The van der Waals surface area contributed by atoms with E-state index in [4.69, 9.17) is 0 Å². The van der Waals surface area contributed by atoms with E-state index in [1.807, 2.05) is 30.6 Å². The van der Waals surface area contributed by atoms with Crippen molar-refractivity contribution >= 4 is 17.7 Å². The number of amides is 1. The van der Waals surface area contributed by atoms with E-state index in [-0.39, 0.29) is 5.91 Å². The lowest BCUT2D eigenvalue weighted by Crippen LogP contribution is -2.28. The molecule has 0 bridgehead atoms. The lowest BCUT2D eigenvalue weighted by atomic mass is 10.1. The lowest BCUT2D eigenvalue weighted by Gasteiger charge is -2.09. The number of imidazole rings is 1. The highest BCUT2D eigenvalue weighted by atomic mass is 32.2. The van der Waals surface area contributed by atoms with Gasteiger partial charge in [-0.25, -0.2) is 4.98 Å². The minimum Gasteiger partial charge on any atom is -0.355 e. The van der Waals surface area contributed by atoms with Crippen molar-refractivity contribution in [3.63, 3.8) is 0 Å². The van der Waals surface area contributed by atoms with Crippen LogP contribution in [0.3, 0.4) is 0 Å². The van der Waals surface area contributed by atoms with Crippen LogP contribution in [0.2, 0.25) is 0 Å². The lowest BCUT2D eigenvalue weighted by molar-refractivity contribution is -0.118. The fourth-order valence-corrected chi connectivity index (χ4v) is 4.43. The van der Waals surface area contributed by atoms with Crippen molar-refractivity contribution in [2.45, 2.75) is 37.1 Å². The van der Waals surface area contributed by atoms with Gasteiger partial charge in [0.15, 0.2) is 0 Å². The number of benzene rings is 2. The second-order valence-corrected chi connectivity index (χ2v) is 8.18. The molecule has 0 fully saturated rings. The average molecular weight is 392 g/mol. The highest BCUT2D eigenvalue weighted by Crippen LogP contribution is 2.27. The Morgan fingerprint density at radius 3 is 2.86 bits per heavy atom. The van der Waals surface area contributed by atoms with Gasteiger partial charge in [-0.1, -0.05) is 36.4 Å². The van der Waals surface area contributed by atoms with E-state index in [0.717, 1.165) is 18.8 Å². The first-order valence-corrected chi connectivity index (χ1v) is 10.8. The molecule has 1 aliphatic carbocycles. The molecule has 3 aromatic rings. The molecule has 5 heteroatoms. The SMILES string of the molecule is O=C(CSc1ccc2c(c1)CCC2)NCCc1nccn1Cc1ccccc1. The number of carbonyl (C=O) groups excluding carboxylic acids is 1. The largest absolute Gasteiger partial charge is 0.355 e. The van der Waals surface area contributed by atoms with Crippen molar-refractivity contribution in [1.82, 2.24) is 14.9 Å². The molecule has 0 unspecified atom stereocenters. The van der Waals surface area contributed by atoms with Gasteiger partial charge in [0.1, 0.15) is 5.82 Å². The van der Waals surface area contributed by atoms with Gasteiger partial charge in [0.2, 0.25) is 5.91 Å². The van der Waals surface area contributed by atoms with Gasteiger partial charge in [-0.15, -0.1) is 11.8 Å². The fourth-order valence-electron chi connectivity index (χ4n) is 3.64. The van der Waals surface area contributed by atoms with Crippen LogP contribution in [-0.2, 0) is 30.6 Å². The van der Waals surface area contributed by atoms with Gasteiger partial charge in [-0.05, 0) is 48.1 Å². The van der Waals surface area contributed by atoms with Crippen molar-refractivity contribution in [2.24, 2.45) is 0 Å². The normalized spacial score (nSPS) is 12.7. The van der Waals surface area contributed by atoms with Crippen LogP contribution in [0.4, 0.5) is 0 Å². The molecule has 0 spiro atoms. The molecule has 1 N–H and O–H groups in total. The summed E-state index contributed by atoms with van der Waals surface area (Å²) in [6.07, 6.45) is 8.17. The topological polar surface area (TPSA) is 46.9 Å². The minimum absolute atomic E-state index is 0.0756. The van der Waals surface area contributed by atoms with E-state index in [1.165, 1.54) is 40.8 Å². The highest BCUT2D eigenvalue weighted by molar-refractivity contribution is 8.00. The Bertz CT molecular complexity index is 936. The van der Waals surface area contributed by atoms with Crippen LogP contribution in [0, 0.1) is 0 Å². The third-order valence-electron chi connectivity index (χ3n) is 5.11. The number of rotatable bonds is 8. The van der Waals surface area contributed by atoms with Crippen molar-refractivity contribution in [2.75, 3.05) is 12.3 Å². The van der Waals surface area contributed by atoms with Crippen LogP contribution >= 0.6 is 11.8 Å². The number of thioether (sulfide) groups is 1. The molecule has 0 saturated heterocycles. The number of nitrogens with one attached hydrogen (secondary N) is 1. The molecule has 1 aliphatic rings. The summed E-state index contributed by atoms with van der Waals surface area (Å²) in [6, 6.07) is 17.0. The van der Waals surface area contributed by atoms with E-state index >= 15 is 0 Å². The third kappa shape index (κ3) is 4.84. The zero-order valence-electron chi connectivity index (χ0n) is 15.9. The molecule has 0 atom stereocenters. The van der Waals surface area contributed by atoms with Crippen LogP contribution < -0.4 is 5.32 Å². The summed E-state index contributed by atoms with van der Waals surface area (Å²) in [5, 5.41) is 3.02. The maximum Gasteiger partial charge on any atom is 0.230 e. The summed E-state index contributed by atoms with van der Waals surface area (Å²) in [4.78, 5) is 17.8. The quantitative estimate of drug-likeness (QED) is 0.593. The van der Waals surface area contributed by atoms with E-state index in [9.17, 15) is 4.79 Å². The maximum absolute atomic E-state index is 12.2. The predicted molar refractivity (Wildman–Crippen MR) is 114 cm³/mol. The Kier molecular flexibility index (Phi) is 6.12. The molecule has 4 nitrogen and oxygen atoms in total. The molecule has 1 heterocycles. The van der Waals surface area contributed by atoms with Crippen molar-refractivity contribution in [3.05, 3.63) is 83.4 Å². The van der Waals surface area contributed by atoms with Crippen molar-refractivity contribution in [1.29, 1.82) is 0 Å². The van der Waals surface area contributed by atoms with Crippen LogP contribution in [0.1, 0.15) is 28.9 Å². The second-order valence-electron chi connectivity index (χ2n) is 7.13. The Morgan fingerprint density at radius 2 is 1.96 bits per heavy atom. The Labute approximate surface area is 170 Å². The zero-order chi connectivity index (χ0) is 19.2. The summed E-state index contributed by atoms with van der Waals surface area (Å²) in [6.45, 7) is 1.41. The first-order valence-electron chi connectivity index (χ1n) is 9.83. The minimum atomic E-state index is 0.0756. The molecule has 0 saturated carbocycles. The molecule has 0 aliphatic heterocycles. The second kappa shape index (κ2) is 9.11. The van der Waals surface area contributed by atoms with Gasteiger partial charge in [0.05, 0.1) is 5.75 Å². The van der Waals surface area contributed by atoms with Gasteiger partial charge in [-0.3, -0.25) is 4.79 Å². The zero-order valence-corrected chi connectivity index (χ0v) is 16.8. The van der Waals surface area contributed by atoms with Crippen molar-refractivity contribution < 1.29 is 4.79 Å².